The second-order valence-electron chi connectivity index (χ2n) is 6.87. The minimum atomic E-state index is -0.766. The van der Waals surface area contributed by atoms with E-state index >= 15 is 0 Å². The van der Waals surface area contributed by atoms with E-state index in [1.54, 1.807) is 0 Å². The summed E-state index contributed by atoms with van der Waals surface area (Å²) in [5.41, 5.74) is 2.81. The third-order valence-corrected chi connectivity index (χ3v) is 5.67. The number of carboxylic acid groups (broad SMARTS) is 1. The first-order valence-electron chi connectivity index (χ1n) is 7.63. The van der Waals surface area contributed by atoms with Crippen LogP contribution in [0.1, 0.15) is 65.5 Å². The number of rotatable bonds is 7. The van der Waals surface area contributed by atoms with Crippen molar-refractivity contribution in [1.29, 1.82) is 0 Å². The number of hydrogen-bond donors (Lipinski definition) is 1. The minimum absolute atomic E-state index is 0.0562. The standard InChI is InChI=1S/C18H28O2S/c1-7-17(3,4)13-9-10-15(21-12-16(19)20)14(11-13)18(5,6)8-2/h9-11H,7-8,12H2,1-6H3,(H,19,20). The first-order valence-corrected chi connectivity index (χ1v) is 8.62. The fourth-order valence-corrected chi connectivity index (χ4v) is 3.07. The molecule has 0 aliphatic carbocycles. The Labute approximate surface area is 133 Å². The lowest BCUT2D eigenvalue weighted by molar-refractivity contribution is -0.133. The third-order valence-electron chi connectivity index (χ3n) is 4.61. The normalized spacial score (nSPS) is 12.5. The smallest absolute Gasteiger partial charge is 0.313 e. The maximum Gasteiger partial charge on any atom is 0.313 e. The van der Waals surface area contributed by atoms with Crippen LogP contribution >= 0.6 is 11.8 Å². The monoisotopic (exact) mass is 308 g/mol. The maximum absolute atomic E-state index is 10.9. The molecule has 1 aromatic rings. The molecule has 118 valence electrons. The van der Waals surface area contributed by atoms with Gasteiger partial charge < -0.3 is 5.11 Å². The largest absolute Gasteiger partial charge is 0.481 e. The number of thioether (sulfide) groups is 1. The van der Waals surface area contributed by atoms with Gasteiger partial charge in [0.25, 0.3) is 0 Å². The zero-order valence-corrected chi connectivity index (χ0v) is 14.9. The van der Waals surface area contributed by atoms with Gasteiger partial charge in [0.1, 0.15) is 0 Å². The van der Waals surface area contributed by atoms with Gasteiger partial charge >= 0.3 is 5.97 Å². The van der Waals surface area contributed by atoms with Crippen LogP contribution in [0.4, 0.5) is 0 Å². The van der Waals surface area contributed by atoms with E-state index in [4.69, 9.17) is 5.11 Å². The molecule has 0 atom stereocenters. The Kier molecular flexibility index (Phi) is 5.92. The number of aliphatic carboxylic acids is 1. The van der Waals surface area contributed by atoms with Crippen LogP contribution in [0.15, 0.2) is 23.1 Å². The summed E-state index contributed by atoms with van der Waals surface area (Å²) in [6.07, 6.45) is 2.12. The van der Waals surface area contributed by atoms with Crippen LogP contribution in [0.5, 0.6) is 0 Å². The van der Waals surface area contributed by atoms with Crippen LogP contribution in [-0.4, -0.2) is 16.8 Å². The predicted molar refractivity (Wildman–Crippen MR) is 91.4 cm³/mol. The first kappa shape index (κ1) is 18.1. The van der Waals surface area contributed by atoms with E-state index < -0.39 is 5.97 Å². The molecule has 0 radical (unpaired) electrons. The van der Waals surface area contributed by atoms with E-state index in [1.165, 1.54) is 22.9 Å². The molecule has 2 nitrogen and oxygen atoms in total. The van der Waals surface area contributed by atoms with E-state index in [-0.39, 0.29) is 16.6 Å². The van der Waals surface area contributed by atoms with E-state index in [2.05, 4.69) is 59.7 Å². The quantitative estimate of drug-likeness (QED) is 0.700. The van der Waals surface area contributed by atoms with E-state index in [0.717, 1.165) is 17.7 Å². The van der Waals surface area contributed by atoms with Crippen LogP contribution in [0.2, 0.25) is 0 Å². The summed E-state index contributed by atoms with van der Waals surface area (Å²) in [6.45, 7) is 13.4. The van der Waals surface area contributed by atoms with Crippen molar-refractivity contribution in [1.82, 2.24) is 0 Å². The molecule has 0 aliphatic rings. The highest BCUT2D eigenvalue weighted by molar-refractivity contribution is 8.00. The summed E-state index contributed by atoms with van der Waals surface area (Å²) in [5.74, 6) is -0.651. The third kappa shape index (κ3) is 4.50. The van der Waals surface area contributed by atoms with Crippen LogP contribution < -0.4 is 0 Å². The van der Waals surface area contributed by atoms with Gasteiger partial charge in [-0.05, 0) is 40.9 Å². The topological polar surface area (TPSA) is 37.3 Å². The number of carboxylic acids is 1. The van der Waals surface area contributed by atoms with Crippen molar-refractivity contribution < 1.29 is 9.90 Å². The maximum atomic E-state index is 10.9. The van der Waals surface area contributed by atoms with E-state index in [9.17, 15) is 4.79 Å². The Balaban J connectivity index is 3.30. The van der Waals surface area contributed by atoms with Crippen molar-refractivity contribution in [3.8, 4) is 0 Å². The second kappa shape index (κ2) is 6.87. The molecule has 0 spiro atoms. The van der Waals surface area contributed by atoms with Crippen LogP contribution in [0.3, 0.4) is 0 Å². The molecule has 0 bridgehead atoms. The van der Waals surface area contributed by atoms with Crippen molar-refractivity contribution >= 4 is 17.7 Å². The first-order chi connectivity index (χ1) is 9.64. The van der Waals surface area contributed by atoms with Gasteiger partial charge in [-0.25, -0.2) is 0 Å². The highest BCUT2D eigenvalue weighted by Crippen LogP contribution is 2.38. The fourth-order valence-electron chi connectivity index (χ4n) is 2.14. The Morgan fingerprint density at radius 3 is 2.14 bits per heavy atom. The van der Waals surface area contributed by atoms with Gasteiger partial charge in [0.2, 0.25) is 0 Å². The van der Waals surface area contributed by atoms with Crippen LogP contribution in [-0.2, 0) is 15.6 Å². The summed E-state index contributed by atoms with van der Waals surface area (Å²) >= 11 is 1.42. The molecular weight excluding hydrogens is 280 g/mol. The average Bonchev–Trinajstić information content (AvgIpc) is 2.44. The molecule has 1 N–H and O–H groups in total. The Morgan fingerprint density at radius 1 is 1.10 bits per heavy atom. The summed E-state index contributed by atoms with van der Waals surface area (Å²) < 4.78 is 0. The molecule has 0 fully saturated rings. The molecule has 0 aliphatic heterocycles. The van der Waals surface area contributed by atoms with Crippen molar-refractivity contribution in [3.63, 3.8) is 0 Å². The molecular formula is C18H28O2S. The Hall–Kier alpha value is -0.960. The van der Waals surface area contributed by atoms with Gasteiger partial charge in [-0.1, -0.05) is 53.7 Å². The summed E-state index contributed by atoms with van der Waals surface area (Å²) in [4.78, 5) is 12.0. The van der Waals surface area contributed by atoms with Crippen LogP contribution in [0, 0.1) is 0 Å². The summed E-state index contributed by atoms with van der Waals surface area (Å²) in [7, 11) is 0. The molecule has 0 unspecified atom stereocenters. The lowest BCUT2D eigenvalue weighted by atomic mass is 9.77. The average molecular weight is 308 g/mol. The fraction of sp³-hybridized carbons (Fsp3) is 0.611. The Morgan fingerprint density at radius 2 is 1.67 bits per heavy atom. The van der Waals surface area contributed by atoms with Gasteiger partial charge in [-0.3, -0.25) is 4.79 Å². The second-order valence-corrected chi connectivity index (χ2v) is 7.89. The number of benzene rings is 1. The van der Waals surface area contributed by atoms with Crippen molar-refractivity contribution in [3.05, 3.63) is 29.3 Å². The van der Waals surface area contributed by atoms with Gasteiger partial charge in [0.05, 0.1) is 5.75 Å². The highest BCUT2D eigenvalue weighted by Gasteiger charge is 2.26. The molecule has 3 heteroatoms. The SMILES string of the molecule is CCC(C)(C)c1ccc(SCC(=O)O)c(C(C)(C)CC)c1. The lowest BCUT2D eigenvalue weighted by Crippen LogP contribution is -2.21. The molecule has 0 amide bonds. The molecule has 1 rings (SSSR count). The molecule has 21 heavy (non-hydrogen) atoms. The van der Waals surface area contributed by atoms with Crippen molar-refractivity contribution in [2.75, 3.05) is 5.75 Å². The highest BCUT2D eigenvalue weighted by atomic mass is 32.2. The number of hydrogen-bond acceptors (Lipinski definition) is 2. The lowest BCUT2D eigenvalue weighted by Gasteiger charge is -2.30. The molecule has 0 saturated heterocycles. The minimum Gasteiger partial charge on any atom is -0.481 e. The van der Waals surface area contributed by atoms with E-state index in [1.807, 2.05) is 0 Å². The zero-order valence-electron chi connectivity index (χ0n) is 14.1. The molecule has 0 heterocycles. The summed E-state index contributed by atoms with van der Waals surface area (Å²) in [6, 6.07) is 6.55. The predicted octanol–water partition coefficient (Wildman–Crippen LogP) is 5.24. The molecule has 0 aromatic heterocycles. The molecule has 0 saturated carbocycles. The van der Waals surface area contributed by atoms with Gasteiger partial charge in [-0.2, -0.15) is 0 Å². The van der Waals surface area contributed by atoms with Crippen molar-refractivity contribution in [2.24, 2.45) is 0 Å². The van der Waals surface area contributed by atoms with Gasteiger partial charge in [-0.15, -0.1) is 11.8 Å². The van der Waals surface area contributed by atoms with Gasteiger partial charge in [0, 0.05) is 4.90 Å². The number of carbonyl (C=O) groups is 1. The van der Waals surface area contributed by atoms with Crippen LogP contribution in [0.25, 0.3) is 0 Å². The van der Waals surface area contributed by atoms with Crippen molar-refractivity contribution in [2.45, 2.75) is 70.1 Å². The Bertz CT molecular complexity index is 504. The zero-order chi connectivity index (χ0) is 16.3. The molecule has 1 aromatic carbocycles. The van der Waals surface area contributed by atoms with E-state index in [0.29, 0.717) is 0 Å². The van der Waals surface area contributed by atoms with Gasteiger partial charge in [0.15, 0.2) is 0 Å². The summed E-state index contributed by atoms with van der Waals surface area (Å²) in [5, 5.41) is 8.93.